The van der Waals surface area contributed by atoms with Gasteiger partial charge in [0.15, 0.2) is 0 Å². The second kappa shape index (κ2) is 10.9. The van der Waals surface area contributed by atoms with Gasteiger partial charge in [-0.05, 0) is 33.6 Å². The monoisotopic (exact) mass is 279 g/mol. The maximum absolute atomic E-state index is 9.56. The molecule has 0 aliphatic heterocycles. The Morgan fingerprint density at radius 3 is 1.78 bits per heavy atom. The molecule has 110 valence electrons. The van der Waals surface area contributed by atoms with Crippen LogP contribution in [0.4, 0.5) is 0 Å². The molecule has 0 rings (SSSR count). The highest BCUT2D eigenvalue weighted by molar-refractivity contribution is 6.60. The maximum atomic E-state index is 9.56. The molecule has 0 aromatic heterocycles. The number of hydroxylamine groups is 2. The molecule has 0 unspecified atom stereocenters. The van der Waals surface area contributed by atoms with Gasteiger partial charge in [0, 0.05) is 39.0 Å². The van der Waals surface area contributed by atoms with E-state index in [2.05, 4.69) is 0 Å². The molecule has 0 aromatic carbocycles. The molecule has 0 saturated carbocycles. The highest BCUT2D eigenvalue weighted by Crippen LogP contribution is 2.18. The summed E-state index contributed by atoms with van der Waals surface area (Å²) in [7, 11) is -2.52. The van der Waals surface area contributed by atoms with Crippen molar-refractivity contribution >= 4 is 8.80 Å². The molecule has 18 heavy (non-hydrogen) atoms. The Hall–Kier alpha value is 0.0169. The lowest BCUT2D eigenvalue weighted by atomic mass is 10.4. The summed E-state index contributed by atoms with van der Waals surface area (Å²) in [5.41, 5.74) is 0. The normalized spacial score (nSPS) is 12.3. The van der Waals surface area contributed by atoms with E-state index in [0.29, 0.717) is 32.9 Å². The van der Waals surface area contributed by atoms with E-state index in [1.807, 2.05) is 27.7 Å². The van der Waals surface area contributed by atoms with Gasteiger partial charge in [-0.15, -0.1) is 0 Å². The van der Waals surface area contributed by atoms with E-state index in [1.165, 1.54) is 5.06 Å². The lowest BCUT2D eigenvalue weighted by Crippen LogP contribution is -2.46. The van der Waals surface area contributed by atoms with E-state index in [4.69, 9.17) is 13.3 Å². The Kier molecular flexibility index (Phi) is 10.9. The van der Waals surface area contributed by atoms with Gasteiger partial charge in [0.2, 0.25) is 0 Å². The fraction of sp³-hybridized carbons (Fsp3) is 1.00. The van der Waals surface area contributed by atoms with Crippen LogP contribution in [0.15, 0.2) is 0 Å². The van der Waals surface area contributed by atoms with Crippen LogP contribution in [0.25, 0.3) is 0 Å². The van der Waals surface area contributed by atoms with Crippen molar-refractivity contribution in [1.29, 1.82) is 0 Å². The Bertz CT molecular complexity index is 178. The number of nitrogens with zero attached hydrogens (tertiary/aromatic N) is 1. The molecule has 6 heteroatoms. The number of hydrogen-bond donors (Lipinski definition) is 1. The molecule has 5 nitrogen and oxygen atoms in total. The Morgan fingerprint density at radius 1 is 0.889 bits per heavy atom. The van der Waals surface area contributed by atoms with Crippen molar-refractivity contribution in [2.45, 2.75) is 46.6 Å². The van der Waals surface area contributed by atoms with Gasteiger partial charge in [-0.1, -0.05) is 6.92 Å². The smallest absolute Gasteiger partial charge is 0.374 e. The summed E-state index contributed by atoms with van der Waals surface area (Å²) >= 11 is 0. The first-order chi connectivity index (χ1) is 8.64. The van der Waals surface area contributed by atoms with Crippen LogP contribution in [0.2, 0.25) is 6.04 Å². The van der Waals surface area contributed by atoms with Gasteiger partial charge in [-0.3, -0.25) is 0 Å². The van der Waals surface area contributed by atoms with Crippen molar-refractivity contribution in [3.8, 4) is 0 Å². The zero-order chi connectivity index (χ0) is 13.9. The minimum Gasteiger partial charge on any atom is -0.374 e. The molecule has 0 saturated heterocycles. The topological polar surface area (TPSA) is 51.2 Å². The van der Waals surface area contributed by atoms with Gasteiger partial charge in [0.05, 0.1) is 0 Å². The predicted molar refractivity (Wildman–Crippen MR) is 73.7 cm³/mol. The standard InChI is InChI=1S/C12H29NO4Si/c1-5-10-13(14)11-9-12-18(15-6-2,16-7-3)17-8-4/h14H,5-12H2,1-4H3. The molecule has 0 atom stereocenters. The average Bonchev–Trinajstić information content (AvgIpc) is 2.30. The van der Waals surface area contributed by atoms with E-state index in [1.54, 1.807) is 0 Å². The minimum atomic E-state index is -2.52. The van der Waals surface area contributed by atoms with Crippen LogP contribution in [0.3, 0.4) is 0 Å². The van der Waals surface area contributed by atoms with Gasteiger partial charge in [0.25, 0.3) is 0 Å². The van der Waals surface area contributed by atoms with Gasteiger partial charge in [-0.25, -0.2) is 0 Å². The molecular formula is C12H29NO4Si. The van der Waals surface area contributed by atoms with E-state index in [-0.39, 0.29) is 0 Å². The molecule has 0 aliphatic carbocycles. The molecule has 0 aromatic rings. The molecule has 0 radical (unpaired) electrons. The molecular weight excluding hydrogens is 250 g/mol. The largest absolute Gasteiger partial charge is 0.500 e. The van der Waals surface area contributed by atoms with E-state index in [0.717, 1.165) is 18.9 Å². The molecule has 0 amide bonds. The third-order valence-corrected chi connectivity index (χ3v) is 5.63. The lowest BCUT2D eigenvalue weighted by Gasteiger charge is -2.28. The van der Waals surface area contributed by atoms with Crippen LogP contribution < -0.4 is 0 Å². The summed E-state index contributed by atoms with van der Waals surface area (Å²) in [6.07, 6.45) is 1.77. The Labute approximate surface area is 112 Å². The molecule has 0 aliphatic rings. The molecule has 0 spiro atoms. The lowest BCUT2D eigenvalue weighted by molar-refractivity contribution is -0.0907. The van der Waals surface area contributed by atoms with Crippen LogP contribution in [-0.4, -0.2) is 52.0 Å². The number of hydrogen-bond acceptors (Lipinski definition) is 5. The highest BCUT2D eigenvalue weighted by Gasteiger charge is 2.39. The van der Waals surface area contributed by atoms with E-state index >= 15 is 0 Å². The van der Waals surface area contributed by atoms with Gasteiger partial charge in [-0.2, -0.15) is 5.06 Å². The molecule has 0 heterocycles. The third kappa shape index (κ3) is 7.45. The first-order valence-corrected chi connectivity index (χ1v) is 8.92. The van der Waals surface area contributed by atoms with Crippen molar-refractivity contribution < 1.29 is 18.5 Å². The number of rotatable bonds is 12. The molecule has 0 bridgehead atoms. The third-order valence-electron chi connectivity index (χ3n) is 2.47. The predicted octanol–water partition coefficient (Wildman–Crippen LogP) is 2.53. The first-order valence-electron chi connectivity index (χ1n) is 6.99. The van der Waals surface area contributed by atoms with Crippen molar-refractivity contribution in [2.24, 2.45) is 0 Å². The summed E-state index contributed by atoms with van der Waals surface area (Å²) < 4.78 is 17.2. The Balaban J connectivity index is 4.20. The van der Waals surface area contributed by atoms with Gasteiger partial charge < -0.3 is 18.5 Å². The zero-order valence-electron chi connectivity index (χ0n) is 12.3. The van der Waals surface area contributed by atoms with Gasteiger partial charge in [0.1, 0.15) is 0 Å². The highest BCUT2D eigenvalue weighted by atomic mass is 28.4. The molecule has 0 fully saturated rings. The minimum absolute atomic E-state index is 0.601. The SMILES string of the molecule is CCCN(O)CCC[Si](OCC)(OCC)OCC. The van der Waals surface area contributed by atoms with Crippen molar-refractivity contribution in [3.63, 3.8) is 0 Å². The van der Waals surface area contributed by atoms with Crippen LogP contribution in [-0.2, 0) is 13.3 Å². The molecule has 1 N–H and O–H groups in total. The van der Waals surface area contributed by atoms with E-state index in [9.17, 15) is 5.21 Å². The fourth-order valence-electron chi connectivity index (χ4n) is 1.85. The summed E-state index contributed by atoms with van der Waals surface area (Å²) in [5, 5.41) is 10.9. The summed E-state index contributed by atoms with van der Waals surface area (Å²) in [6.45, 7) is 11.0. The fourth-order valence-corrected chi connectivity index (χ4v) is 4.44. The van der Waals surface area contributed by atoms with Gasteiger partial charge >= 0.3 is 8.80 Å². The summed E-state index contributed by atoms with van der Waals surface area (Å²) in [5.74, 6) is 0. The van der Waals surface area contributed by atoms with Crippen molar-refractivity contribution in [3.05, 3.63) is 0 Å². The second-order valence-corrected chi connectivity index (χ2v) is 6.77. The average molecular weight is 279 g/mol. The van der Waals surface area contributed by atoms with Crippen LogP contribution >= 0.6 is 0 Å². The quantitative estimate of drug-likeness (QED) is 0.439. The Morgan fingerprint density at radius 2 is 1.39 bits per heavy atom. The zero-order valence-corrected chi connectivity index (χ0v) is 13.3. The first kappa shape index (κ1) is 18.0. The second-order valence-electron chi connectivity index (χ2n) is 4.04. The van der Waals surface area contributed by atoms with Crippen molar-refractivity contribution in [1.82, 2.24) is 5.06 Å². The van der Waals surface area contributed by atoms with E-state index < -0.39 is 8.80 Å². The summed E-state index contributed by atoms with van der Waals surface area (Å²) in [4.78, 5) is 0. The summed E-state index contributed by atoms with van der Waals surface area (Å²) in [6, 6.07) is 0.753. The van der Waals surface area contributed by atoms with Crippen LogP contribution in [0.1, 0.15) is 40.5 Å². The van der Waals surface area contributed by atoms with Crippen LogP contribution in [0, 0.1) is 0 Å². The maximum Gasteiger partial charge on any atom is 0.500 e. The van der Waals surface area contributed by atoms with Crippen LogP contribution in [0.5, 0.6) is 0 Å². The van der Waals surface area contributed by atoms with Crippen molar-refractivity contribution in [2.75, 3.05) is 32.9 Å².